The summed E-state index contributed by atoms with van der Waals surface area (Å²) in [6.07, 6.45) is 4.08. The normalized spacial score (nSPS) is 16.9. The van der Waals surface area contributed by atoms with Crippen molar-refractivity contribution in [3.8, 4) is 11.1 Å². The Morgan fingerprint density at radius 3 is 2.56 bits per heavy atom. The Labute approximate surface area is 204 Å². The fourth-order valence-electron chi connectivity index (χ4n) is 4.65. The lowest BCUT2D eigenvalue weighted by Crippen LogP contribution is -2.25. The van der Waals surface area contributed by atoms with Crippen LogP contribution in [0.25, 0.3) is 22.2 Å². The number of pyridine rings is 1. The fourth-order valence-corrected chi connectivity index (χ4v) is 4.65. The number of rotatable bonds is 5. The predicted octanol–water partition coefficient (Wildman–Crippen LogP) is 4.42. The number of benzene rings is 1. The monoisotopic (exact) mass is 497 g/mol. The Morgan fingerprint density at radius 1 is 1.11 bits per heavy atom. The molecule has 5 rings (SSSR count). The van der Waals surface area contributed by atoms with E-state index in [1.54, 1.807) is 49.4 Å². The van der Waals surface area contributed by atoms with Crippen LogP contribution in [0.5, 0.6) is 0 Å². The van der Waals surface area contributed by atoms with E-state index in [1.165, 1.54) is 16.2 Å². The van der Waals surface area contributed by atoms with Gasteiger partial charge in [0.05, 0.1) is 30.5 Å². The average Bonchev–Trinajstić information content (AvgIpc) is 3.49. The van der Waals surface area contributed by atoms with Crippen molar-refractivity contribution in [2.24, 2.45) is 14.1 Å². The lowest BCUT2D eigenvalue weighted by atomic mass is 10.1. The van der Waals surface area contributed by atoms with E-state index in [4.69, 9.17) is 4.74 Å². The molecule has 1 saturated carbocycles. The van der Waals surface area contributed by atoms with Crippen LogP contribution in [0.3, 0.4) is 0 Å². The zero-order chi connectivity index (χ0) is 25.6. The minimum atomic E-state index is -2.78. The van der Waals surface area contributed by atoms with Crippen molar-refractivity contribution < 1.29 is 18.3 Å². The maximum atomic E-state index is 13.9. The van der Waals surface area contributed by atoms with Gasteiger partial charge >= 0.3 is 11.8 Å². The first-order chi connectivity index (χ1) is 17.1. The number of carbonyl (C=O) groups is 1. The molecule has 1 aromatic carbocycles. The first-order valence-corrected chi connectivity index (χ1v) is 11.3. The van der Waals surface area contributed by atoms with Gasteiger partial charge in [-0.1, -0.05) is 0 Å². The molecule has 3 heterocycles. The van der Waals surface area contributed by atoms with E-state index in [9.17, 15) is 18.4 Å². The second-order valence-corrected chi connectivity index (χ2v) is 8.97. The number of nitrogens with zero attached hydrogens (tertiary/aromatic N) is 5. The topological polar surface area (TPSA) is 108 Å². The van der Waals surface area contributed by atoms with Crippen LogP contribution < -0.4 is 16.3 Å². The van der Waals surface area contributed by atoms with Gasteiger partial charge in [0, 0.05) is 62.2 Å². The molecule has 1 aliphatic carbocycles. The van der Waals surface area contributed by atoms with E-state index in [2.05, 4.69) is 20.7 Å². The van der Waals surface area contributed by atoms with E-state index < -0.39 is 18.1 Å². The molecule has 0 bridgehead atoms. The lowest BCUT2D eigenvalue weighted by molar-refractivity contribution is 0.00565. The third kappa shape index (κ3) is 4.41. The average molecular weight is 498 g/mol. The zero-order valence-corrected chi connectivity index (χ0v) is 20.0. The van der Waals surface area contributed by atoms with Crippen molar-refractivity contribution in [1.82, 2.24) is 23.9 Å². The summed E-state index contributed by atoms with van der Waals surface area (Å²) >= 11 is 0. The lowest BCUT2D eigenvalue weighted by Gasteiger charge is -2.14. The molecule has 3 aromatic heterocycles. The number of halogens is 2. The molecule has 0 spiro atoms. The van der Waals surface area contributed by atoms with Crippen LogP contribution in [-0.2, 0) is 18.8 Å². The van der Waals surface area contributed by atoms with Gasteiger partial charge in [0.2, 0.25) is 5.92 Å². The second kappa shape index (κ2) is 8.77. The molecule has 2 N–H and O–H groups in total. The van der Waals surface area contributed by atoms with Crippen LogP contribution in [-0.4, -0.2) is 43.0 Å². The van der Waals surface area contributed by atoms with E-state index in [0.29, 0.717) is 28.2 Å². The van der Waals surface area contributed by atoms with E-state index in [0.717, 1.165) is 11.1 Å². The molecule has 1 atom stereocenters. The first-order valence-electron chi connectivity index (χ1n) is 11.3. The quantitative estimate of drug-likeness (QED) is 0.423. The molecule has 0 aliphatic heterocycles. The number of aromatic nitrogens is 5. The molecular weight excluding hydrogens is 472 g/mol. The standard InChI is InChI=1S/C24H25F2N7O3/c1-31-13-15(11-28-31)14-6-16(8-17(7-14)30-22(34)36-3)29-21-9-19-20(12-27-21)32(2)23(35)33(19)18-4-5-24(25,26)10-18/h6-9,11-13,18H,4-5,10H2,1-3H3,(H,27,29)(H,30,34)/t18-/m1/s1. The number of amides is 1. The molecular formula is C24H25F2N7O3. The molecule has 0 unspecified atom stereocenters. The van der Waals surface area contributed by atoms with Crippen molar-refractivity contribution in [2.45, 2.75) is 31.2 Å². The van der Waals surface area contributed by atoms with Gasteiger partial charge in [0.25, 0.3) is 0 Å². The Bertz CT molecular complexity index is 1520. The maximum absolute atomic E-state index is 13.9. The zero-order valence-electron chi connectivity index (χ0n) is 20.0. The van der Waals surface area contributed by atoms with Crippen molar-refractivity contribution in [2.75, 3.05) is 17.7 Å². The smallest absolute Gasteiger partial charge is 0.411 e. The van der Waals surface area contributed by atoms with Crippen LogP contribution in [0.15, 0.2) is 47.7 Å². The Balaban J connectivity index is 1.54. The number of methoxy groups -OCH3 is 1. The summed E-state index contributed by atoms with van der Waals surface area (Å²) in [6.45, 7) is 0. The molecule has 1 amide bonds. The Morgan fingerprint density at radius 2 is 1.89 bits per heavy atom. The van der Waals surface area contributed by atoms with Gasteiger partial charge in [0.15, 0.2) is 0 Å². The highest BCUT2D eigenvalue weighted by molar-refractivity contribution is 5.88. The summed E-state index contributed by atoms with van der Waals surface area (Å²) in [4.78, 5) is 29.2. The van der Waals surface area contributed by atoms with E-state index in [-0.39, 0.29) is 25.0 Å². The summed E-state index contributed by atoms with van der Waals surface area (Å²) in [6, 6.07) is 6.44. The molecule has 10 nitrogen and oxygen atoms in total. The summed E-state index contributed by atoms with van der Waals surface area (Å²) in [5.41, 5.74) is 3.43. The van der Waals surface area contributed by atoms with Gasteiger partial charge in [-0.3, -0.25) is 19.1 Å². The minimum absolute atomic E-state index is 0.229. The Kier molecular flexibility index (Phi) is 5.73. The molecule has 4 aromatic rings. The summed E-state index contributed by atoms with van der Waals surface area (Å²) in [7, 11) is 4.68. The van der Waals surface area contributed by atoms with Crippen molar-refractivity contribution in [1.29, 1.82) is 0 Å². The number of imidazole rings is 1. The molecule has 0 saturated heterocycles. The van der Waals surface area contributed by atoms with Crippen LogP contribution in [0.4, 0.5) is 30.8 Å². The third-order valence-electron chi connectivity index (χ3n) is 6.39. The maximum Gasteiger partial charge on any atom is 0.411 e. The van der Waals surface area contributed by atoms with Gasteiger partial charge in [-0.2, -0.15) is 5.10 Å². The van der Waals surface area contributed by atoms with Gasteiger partial charge in [-0.25, -0.2) is 23.4 Å². The minimum Gasteiger partial charge on any atom is -0.453 e. The van der Waals surface area contributed by atoms with Gasteiger partial charge in [-0.15, -0.1) is 0 Å². The number of aryl methyl sites for hydroxylation is 2. The van der Waals surface area contributed by atoms with Gasteiger partial charge in [-0.05, 0) is 30.2 Å². The van der Waals surface area contributed by atoms with Crippen molar-refractivity contribution in [3.63, 3.8) is 0 Å². The largest absolute Gasteiger partial charge is 0.453 e. The number of carbonyl (C=O) groups excluding carboxylic acids is 1. The molecule has 188 valence electrons. The number of ether oxygens (including phenoxy) is 1. The molecule has 36 heavy (non-hydrogen) atoms. The Hall–Kier alpha value is -4.22. The summed E-state index contributed by atoms with van der Waals surface area (Å²) in [5, 5.41) is 10.1. The number of alkyl halides is 2. The van der Waals surface area contributed by atoms with Crippen LogP contribution in [0.1, 0.15) is 25.3 Å². The highest BCUT2D eigenvalue weighted by Gasteiger charge is 2.41. The SMILES string of the molecule is COC(=O)Nc1cc(Nc2cc3c(cn2)n(C)c(=O)n3[C@@H]2CCC(F)(F)C2)cc(-c2cnn(C)c2)c1. The predicted molar refractivity (Wildman–Crippen MR) is 131 cm³/mol. The summed E-state index contributed by atoms with van der Waals surface area (Å²) in [5.74, 6) is -2.37. The highest BCUT2D eigenvalue weighted by atomic mass is 19.3. The van der Waals surface area contributed by atoms with E-state index >= 15 is 0 Å². The van der Waals surface area contributed by atoms with Crippen LogP contribution in [0, 0.1) is 0 Å². The third-order valence-corrected chi connectivity index (χ3v) is 6.39. The molecule has 1 fully saturated rings. The highest BCUT2D eigenvalue weighted by Crippen LogP contribution is 2.42. The molecule has 0 radical (unpaired) electrons. The fraction of sp³-hybridized carbons (Fsp3) is 0.333. The first kappa shape index (κ1) is 23.5. The number of nitrogens with one attached hydrogen (secondary N) is 2. The summed E-state index contributed by atoms with van der Waals surface area (Å²) < 4.78 is 37.1. The van der Waals surface area contributed by atoms with E-state index in [1.807, 2.05) is 12.3 Å². The number of fused-ring (bicyclic) bond motifs is 1. The van der Waals surface area contributed by atoms with Crippen LogP contribution in [0.2, 0.25) is 0 Å². The van der Waals surface area contributed by atoms with Crippen molar-refractivity contribution in [3.05, 3.63) is 53.3 Å². The van der Waals surface area contributed by atoms with Crippen LogP contribution >= 0.6 is 0 Å². The molecule has 12 heteroatoms. The number of hydrogen-bond donors (Lipinski definition) is 2. The number of hydrogen-bond acceptors (Lipinski definition) is 6. The molecule has 1 aliphatic rings. The van der Waals surface area contributed by atoms with Crippen molar-refractivity contribution >= 4 is 34.3 Å². The second-order valence-electron chi connectivity index (χ2n) is 8.97. The van der Waals surface area contributed by atoms with Gasteiger partial charge < -0.3 is 10.1 Å². The number of anilines is 3. The van der Waals surface area contributed by atoms with Gasteiger partial charge in [0.1, 0.15) is 5.82 Å².